The van der Waals surface area contributed by atoms with E-state index in [1.807, 2.05) is 32.0 Å². The summed E-state index contributed by atoms with van der Waals surface area (Å²) in [4.78, 5) is 0. The van der Waals surface area contributed by atoms with E-state index in [4.69, 9.17) is 11.6 Å². The van der Waals surface area contributed by atoms with Gasteiger partial charge in [-0.15, -0.1) is 0 Å². The van der Waals surface area contributed by atoms with Crippen molar-refractivity contribution in [1.29, 1.82) is 0 Å². The Balaban J connectivity index is 2.48. The maximum absolute atomic E-state index is 12.7. The molecule has 0 aromatic heterocycles. The molecule has 1 heterocycles. The lowest BCUT2D eigenvalue weighted by Gasteiger charge is -2.24. The van der Waals surface area contributed by atoms with E-state index in [2.05, 4.69) is 9.85 Å². The molecule has 1 N–H and O–H groups in total. The van der Waals surface area contributed by atoms with Gasteiger partial charge in [-0.3, -0.25) is 4.57 Å². The Morgan fingerprint density at radius 3 is 2.59 bits per heavy atom. The smallest absolute Gasteiger partial charge is 0.309 e. The van der Waals surface area contributed by atoms with Gasteiger partial charge in [0, 0.05) is 11.3 Å². The van der Waals surface area contributed by atoms with E-state index in [0.29, 0.717) is 10.5 Å². The summed E-state index contributed by atoms with van der Waals surface area (Å²) < 4.78 is 16.9. The lowest BCUT2D eigenvalue weighted by atomic mass is 10.2. The molecular formula is C12H14ClN2OP. The molecule has 3 nitrogen and oxygen atoms in total. The lowest BCUT2D eigenvalue weighted by Crippen LogP contribution is -2.23. The van der Waals surface area contributed by atoms with Crippen LogP contribution in [0, 0.1) is 0 Å². The molecule has 0 saturated heterocycles. The van der Waals surface area contributed by atoms with E-state index in [1.54, 1.807) is 12.1 Å². The van der Waals surface area contributed by atoms with E-state index in [1.165, 1.54) is 0 Å². The summed E-state index contributed by atoms with van der Waals surface area (Å²) in [6.07, 6.45) is 0.758. The molecule has 1 aliphatic heterocycles. The molecule has 90 valence electrons. The van der Waals surface area contributed by atoms with Gasteiger partial charge in [0.05, 0.1) is 5.30 Å². The molecule has 0 saturated carbocycles. The van der Waals surface area contributed by atoms with E-state index < -0.39 is 7.44 Å². The number of halogens is 1. The molecule has 2 rings (SSSR count). The zero-order valence-corrected chi connectivity index (χ0v) is 11.4. The largest absolute Gasteiger partial charge is 0.319 e. The molecular weight excluding hydrogens is 255 g/mol. The molecule has 0 spiro atoms. The predicted octanol–water partition coefficient (Wildman–Crippen LogP) is 3.43. The van der Waals surface area contributed by atoms with Gasteiger partial charge in [-0.05, 0) is 25.5 Å². The number of hydrogen-bond donors (Lipinski definition) is 1. The third-order valence-corrected chi connectivity index (χ3v) is 5.28. The first kappa shape index (κ1) is 12.4. The summed E-state index contributed by atoms with van der Waals surface area (Å²) in [5, 5.41) is 4.06. The zero-order chi connectivity index (χ0) is 12.5. The van der Waals surface area contributed by atoms with Crippen LogP contribution in [0.4, 0.5) is 0 Å². The minimum atomic E-state index is -2.98. The van der Waals surface area contributed by atoms with Crippen molar-refractivity contribution >= 4 is 29.5 Å². The van der Waals surface area contributed by atoms with Crippen LogP contribution in [0.1, 0.15) is 20.3 Å². The highest BCUT2D eigenvalue weighted by Crippen LogP contribution is 2.47. The summed E-state index contributed by atoms with van der Waals surface area (Å²) >= 11 is 6.05. The number of hydrogen-bond acceptors (Lipinski definition) is 1. The SMILES string of the molecule is CCC1=C(C)C(Cl)=NP(=O)(c2ccccc2)N1. The Morgan fingerprint density at radius 1 is 1.35 bits per heavy atom. The third kappa shape index (κ3) is 2.31. The highest BCUT2D eigenvalue weighted by atomic mass is 35.5. The van der Waals surface area contributed by atoms with Crippen LogP contribution in [0.5, 0.6) is 0 Å². The molecule has 5 heteroatoms. The van der Waals surface area contributed by atoms with Gasteiger partial charge in [-0.2, -0.15) is 4.76 Å². The van der Waals surface area contributed by atoms with Gasteiger partial charge in [0.15, 0.2) is 0 Å². The molecule has 0 amide bonds. The number of nitrogens with zero attached hydrogens (tertiary/aromatic N) is 1. The monoisotopic (exact) mass is 268 g/mol. The van der Waals surface area contributed by atoms with Crippen LogP contribution < -0.4 is 10.4 Å². The summed E-state index contributed by atoms with van der Waals surface area (Å²) in [5.74, 6) is 0. The highest BCUT2D eigenvalue weighted by molar-refractivity contribution is 7.69. The van der Waals surface area contributed by atoms with Crippen molar-refractivity contribution in [2.45, 2.75) is 20.3 Å². The number of nitrogens with one attached hydrogen (secondary N) is 1. The van der Waals surface area contributed by atoms with Crippen molar-refractivity contribution in [3.8, 4) is 0 Å². The molecule has 0 bridgehead atoms. The van der Waals surface area contributed by atoms with E-state index in [9.17, 15) is 4.57 Å². The van der Waals surface area contributed by atoms with Crippen LogP contribution in [0.2, 0.25) is 0 Å². The first-order valence-corrected chi connectivity index (χ1v) is 7.50. The van der Waals surface area contributed by atoms with Gasteiger partial charge >= 0.3 is 7.44 Å². The van der Waals surface area contributed by atoms with Crippen molar-refractivity contribution in [3.05, 3.63) is 41.6 Å². The standard InChI is InChI=1S/C12H14ClN2OP/c1-3-11-9(2)12(13)15-17(16,14-11)10-7-5-4-6-8-10/h4-8H,3H2,1-2H3,(H,14,15,16). The van der Waals surface area contributed by atoms with Crippen LogP contribution in [0.3, 0.4) is 0 Å². The molecule has 17 heavy (non-hydrogen) atoms. The predicted molar refractivity (Wildman–Crippen MR) is 73.1 cm³/mol. The van der Waals surface area contributed by atoms with Crippen LogP contribution >= 0.6 is 19.0 Å². The van der Waals surface area contributed by atoms with Gasteiger partial charge in [0.25, 0.3) is 0 Å². The van der Waals surface area contributed by atoms with Crippen molar-refractivity contribution in [3.63, 3.8) is 0 Å². The quantitative estimate of drug-likeness (QED) is 0.835. The number of benzene rings is 1. The van der Waals surface area contributed by atoms with Gasteiger partial charge in [-0.1, -0.05) is 36.7 Å². The van der Waals surface area contributed by atoms with E-state index in [-0.39, 0.29) is 0 Å². The van der Waals surface area contributed by atoms with Crippen LogP contribution in [0.15, 0.2) is 46.4 Å². The third-order valence-electron chi connectivity index (χ3n) is 2.74. The Kier molecular flexibility index (Phi) is 3.41. The number of rotatable bonds is 2. The van der Waals surface area contributed by atoms with Crippen LogP contribution in [-0.4, -0.2) is 5.17 Å². The van der Waals surface area contributed by atoms with Crippen molar-refractivity contribution in [1.82, 2.24) is 5.09 Å². The summed E-state index contributed by atoms with van der Waals surface area (Å²) in [6, 6.07) is 9.17. The second kappa shape index (κ2) is 4.67. The maximum Gasteiger partial charge on any atom is 0.309 e. The summed E-state index contributed by atoms with van der Waals surface area (Å²) in [6.45, 7) is 3.88. The van der Waals surface area contributed by atoms with Gasteiger partial charge < -0.3 is 5.09 Å². The fourth-order valence-corrected chi connectivity index (χ4v) is 4.10. The minimum absolute atomic E-state index is 0.341. The van der Waals surface area contributed by atoms with E-state index in [0.717, 1.165) is 17.7 Å². The van der Waals surface area contributed by atoms with Gasteiger partial charge in [0.1, 0.15) is 5.17 Å². The summed E-state index contributed by atoms with van der Waals surface area (Å²) in [5.41, 5.74) is 1.77. The molecule has 1 aromatic carbocycles. The zero-order valence-electron chi connectivity index (χ0n) is 9.77. The molecule has 0 fully saturated rings. The second-order valence-corrected chi connectivity index (χ2v) is 6.32. The van der Waals surface area contributed by atoms with E-state index >= 15 is 0 Å². The van der Waals surface area contributed by atoms with Gasteiger partial charge in [0.2, 0.25) is 0 Å². The first-order valence-electron chi connectivity index (χ1n) is 5.46. The molecule has 1 aliphatic rings. The Hall–Kier alpha value is -1.05. The molecule has 1 unspecified atom stereocenters. The van der Waals surface area contributed by atoms with Gasteiger partial charge in [-0.25, -0.2) is 0 Å². The molecule has 0 radical (unpaired) electrons. The highest BCUT2D eigenvalue weighted by Gasteiger charge is 2.29. The lowest BCUT2D eigenvalue weighted by molar-refractivity contribution is 0.575. The van der Waals surface area contributed by atoms with Crippen molar-refractivity contribution in [2.75, 3.05) is 0 Å². The maximum atomic E-state index is 12.7. The average Bonchev–Trinajstić information content (AvgIpc) is 2.35. The normalized spacial score (nSPS) is 24.3. The van der Waals surface area contributed by atoms with Crippen molar-refractivity contribution in [2.24, 2.45) is 4.76 Å². The first-order chi connectivity index (χ1) is 8.07. The topological polar surface area (TPSA) is 41.5 Å². The second-order valence-electron chi connectivity index (χ2n) is 3.87. The fraction of sp³-hybridized carbons (Fsp3) is 0.250. The Morgan fingerprint density at radius 2 is 2.00 bits per heavy atom. The average molecular weight is 269 g/mol. The molecule has 1 atom stereocenters. The van der Waals surface area contributed by atoms with Crippen molar-refractivity contribution < 1.29 is 4.57 Å². The molecule has 0 aliphatic carbocycles. The molecule has 1 aromatic rings. The number of allylic oxidation sites excluding steroid dienone is 2. The fourth-order valence-electron chi connectivity index (χ4n) is 1.71. The Bertz CT molecular complexity index is 537. The summed E-state index contributed by atoms with van der Waals surface area (Å²) in [7, 11) is -2.98. The Labute approximate surface area is 106 Å². The minimum Gasteiger partial charge on any atom is -0.319 e. The van der Waals surface area contributed by atoms with Crippen LogP contribution in [-0.2, 0) is 4.57 Å². The van der Waals surface area contributed by atoms with Crippen LogP contribution in [0.25, 0.3) is 0 Å².